The fourth-order valence-corrected chi connectivity index (χ4v) is 3.59. The normalized spacial score (nSPS) is 23.8. The van der Waals surface area contributed by atoms with Gasteiger partial charge in [0, 0.05) is 27.7 Å². The van der Waals surface area contributed by atoms with Crippen LogP contribution in [0.1, 0.15) is 40.2 Å². The molecular formula is C24H31NO10. The second kappa shape index (κ2) is 12.7. The number of methoxy groups -OCH3 is 1. The van der Waals surface area contributed by atoms with Gasteiger partial charge in [-0.3, -0.25) is 19.2 Å². The maximum absolute atomic E-state index is 12.0. The zero-order valence-electron chi connectivity index (χ0n) is 20.6. The van der Waals surface area contributed by atoms with E-state index in [0.29, 0.717) is 5.75 Å². The first-order valence-corrected chi connectivity index (χ1v) is 10.9. The molecule has 1 aromatic carbocycles. The van der Waals surface area contributed by atoms with Gasteiger partial charge in [0.15, 0.2) is 23.7 Å². The summed E-state index contributed by atoms with van der Waals surface area (Å²) in [6, 6.07) is 4.10. The summed E-state index contributed by atoms with van der Waals surface area (Å²) in [6.07, 6.45) is -0.990. The monoisotopic (exact) mass is 493 g/mol. The van der Waals surface area contributed by atoms with Gasteiger partial charge in [0.1, 0.15) is 18.8 Å². The molecule has 1 fully saturated rings. The average Bonchev–Trinajstić information content (AvgIpc) is 2.76. The second-order valence-corrected chi connectivity index (χ2v) is 7.75. The Bertz CT molecular complexity index is 960. The lowest BCUT2D eigenvalue weighted by molar-refractivity contribution is -0.257. The van der Waals surface area contributed by atoms with Crippen molar-refractivity contribution in [3.8, 4) is 11.5 Å². The fourth-order valence-electron chi connectivity index (χ4n) is 3.59. The van der Waals surface area contributed by atoms with Gasteiger partial charge in [-0.15, -0.1) is 0 Å². The third kappa shape index (κ3) is 7.99. The Morgan fingerprint density at radius 2 is 1.63 bits per heavy atom. The molecule has 1 saturated heterocycles. The molecule has 11 nitrogen and oxygen atoms in total. The zero-order valence-corrected chi connectivity index (χ0v) is 20.6. The number of ether oxygens (including phenoxy) is 6. The number of hydrogen-bond acceptors (Lipinski definition) is 10. The first-order chi connectivity index (χ1) is 16.5. The van der Waals surface area contributed by atoms with E-state index in [2.05, 4.69) is 5.32 Å². The molecule has 1 aliphatic heterocycles. The molecule has 5 atom stereocenters. The SMILES string of the molecule is C/C=C/c1ccc(OC2OC(COC(C)=O)C(OC(C)=O)C(OC(C)=O)C2NC(C)=O)c(OC)c1. The highest BCUT2D eigenvalue weighted by atomic mass is 16.7. The molecule has 0 spiro atoms. The number of hydrogen-bond donors (Lipinski definition) is 1. The van der Waals surface area contributed by atoms with E-state index >= 15 is 0 Å². The Labute approximate surface area is 203 Å². The number of rotatable bonds is 9. The molecular weight excluding hydrogens is 462 g/mol. The van der Waals surface area contributed by atoms with E-state index in [4.69, 9.17) is 28.4 Å². The van der Waals surface area contributed by atoms with Crippen molar-refractivity contribution in [1.29, 1.82) is 0 Å². The van der Waals surface area contributed by atoms with Gasteiger partial charge in [-0.05, 0) is 24.6 Å². The average molecular weight is 494 g/mol. The van der Waals surface area contributed by atoms with Crippen molar-refractivity contribution < 1.29 is 47.6 Å². The van der Waals surface area contributed by atoms with Crippen LogP contribution in [-0.2, 0) is 38.1 Å². The quantitative estimate of drug-likeness (QED) is 0.400. The van der Waals surface area contributed by atoms with Crippen molar-refractivity contribution >= 4 is 29.9 Å². The molecule has 0 aromatic heterocycles. The van der Waals surface area contributed by atoms with Crippen molar-refractivity contribution in [3.05, 3.63) is 29.8 Å². The van der Waals surface area contributed by atoms with E-state index in [1.54, 1.807) is 18.2 Å². The van der Waals surface area contributed by atoms with Crippen LogP contribution in [0.4, 0.5) is 0 Å². The minimum absolute atomic E-state index is 0.278. The molecule has 192 valence electrons. The molecule has 35 heavy (non-hydrogen) atoms. The second-order valence-electron chi connectivity index (χ2n) is 7.75. The van der Waals surface area contributed by atoms with Crippen LogP contribution in [-0.4, -0.2) is 68.2 Å². The Morgan fingerprint density at radius 1 is 0.971 bits per heavy atom. The molecule has 1 amide bonds. The van der Waals surface area contributed by atoms with E-state index in [-0.39, 0.29) is 12.4 Å². The lowest BCUT2D eigenvalue weighted by Gasteiger charge is -2.44. The molecule has 2 rings (SSSR count). The van der Waals surface area contributed by atoms with E-state index in [9.17, 15) is 19.2 Å². The van der Waals surface area contributed by atoms with Gasteiger partial charge in [-0.25, -0.2) is 0 Å². The summed E-state index contributed by atoms with van der Waals surface area (Å²) >= 11 is 0. The Balaban J connectivity index is 2.51. The summed E-state index contributed by atoms with van der Waals surface area (Å²) < 4.78 is 33.4. The summed E-state index contributed by atoms with van der Waals surface area (Å²) in [5, 5.41) is 2.65. The first kappa shape index (κ1) is 27.6. The Kier molecular flexibility index (Phi) is 10.1. The molecule has 0 aliphatic carbocycles. The fraction of sp³-hybridized carbons (Fsp3) is 0.500. The van der Waals surface area contributed by atoms with Gasteiger partial charge in [0.05, 0.1) is 7.11 Å². The van der Waals surface area contributed by atoms with Gasteiger partial charge in [0.2, 0.25) is 12.2 Å². The zero-order chi connectivity index (χ0) is 26.1. The van der Waals surface area contributed by atoms with Crippen molar-refractivity contribution in [2.45, 2.75) is 65.3 Å². The van der Waals surface area contributed by atoms with Gasteiger partial charge in [-0.2, -0.15) is 0 Å². The van der Waals surface area contributed by atoms with Crippen LogP contribution in [0.3, 0.4) is 0 Å². The molecule has 0 bridgehead atoms. The van der Waals surface area contributed by atoms with Crippen molar-refractivity contribution in [1.82, 2.24) is 5.32 Å². The van der Waals surface area contributed by atoms with E-state index in [0.717, 1.165) is 5.56 Å². The molecule has 1 aliphatic rings. The minimum atomic E-state index is -1.24. The number of nitrogens with one attached hydrogen (secondary N) is 1. The van der Waals surface area contributed by atoms with Gasteiger partial charge in [0.25, 0.3) is 0 Å². The predicted molar refractivity (Wildman–Crippen MR) is 122 cm³/mol. The summed E-state index contributed by atoms with van der Waals surface area (Å²) in [7, 11) is 1.47. The van der Waals surface area contributed by atoms with Crippen LogP contribution < -0.4 is 14.8 Å². The number of esters is 3. The highest BCUT2D eigenvalue weighted by molar-refractivity contribution is 5.73. The molecule has 0 saturated carbocycles. The van der Waals surface area contributed by atoms with E-state index in [1.807, 2.05) is 19.1 Å². The molecule has 0 radical (unpaired) electrons. The van der Waals surface area contributed by atoms with E-state index in [1.165, 1.54) is 34.8 Å². The van der Waals surface area contributed by atoms with Crippen molar-refractivity contribution in [3.63, 3.8) is 0 Å². The lowest BCUT2D eigenvalue weighted by Crippen LogP contribution is -2.67. The topological polar surface area (TPSA) is 136 Å². The number of amides is 1. The van der Waals surface area contributed by atoms with Crippen molar-refractivity contribution in [2.75, 3.05) is 13.7 Å². The van der Waals surface area contributed by atoms with Gasteiger partial charge in [-0.1, -0.05) is 18.2 Å². The third-order valence-electron chi connectivity index (χ3n) is 4.86. The van der Waals surface area contributed by atoms with Crippen LogP contribution in [0, 0.1) is 0 Å². The maximum atomic E-state index is 12.0. The number of carbonyl (C=O) groups excluding carboxylic acids is 4. The predicted octanol–water partition coefficient (Wildman–Crippen LogP) is 1.76. The van der Waals surface area contributed by atoms with Crippen LogP contribution in [0.25, 0.3) is 6.08 Å². The summed E-state index contributed by atoms with van der Waals surface area (Å²) in [5.41, 5.74) is 0.861. The van der Waals surface area contributed by atoms with Gasteiger partial charge < -0.3 is 33.7 Å². The number of carbonyl (C=O) groups is 4. The van der Waals surface area contributed by atoms with Gasteiger partial charge >= 0.3 is 17.9 Å². The molecule has 5 unspecified atom stereocenters. The smallest absolute Gasteiger partial charge is 0.303 e. The molecule has 11 heteroatoms. The maximum Gasteiger partial charge on any atom is 0.303 e. The van der Waals surface area contributed by atoms with E-state index < -0.39 is 54.5 Å². The number of benzene rings is 1. The lowest BCUT2D eigenvalue weighted by atomic mass is 9.96. The highest BCUT2D eigenvalue weighted by Gasteiger charge is 2.52. The third-order valence-corrected chi connectivity index (χ3v) is 4.86. The van der Waals surface area contributed by atoms with Crippen LogP contribution in [0.15, 0.2) is 24.3 Å². The van der Waals surface area contributed by atoms with Crippen molar-refractivity contribution in [2.24, 2.45) is 0 Å². The number of allylic oxidation sites excluding steroid dienone is 1. The summed E-state index contributed by atoms with van der Waals surface area (Å²) in [4.78, 5) is 47.3. The summed E-state index contributed by atoms with van der Waals surface area (Å²) in [6.45, 7) is 6.36. The molecule has 1 N–H and O–H groups in total. The summed E-state index contributed by atoms with van der Waals surface area (Å²) in [5.74, 6) is -1.79. The Morgan fingerprint density at radius 3 is 2.17 bits per heavy atom. The standard InChI is InChI=1S/C24H31NO10/c1-7-8-17-9-10-18(19(11-17)30-6)34-24-21(25-13(2)26)23(33-16(5)29)22(32-15(4)28)20(35-24)12-31-14(3)27/h7-11,20-24H,12H2,1-6H3,(H,25,26)/b8-7+. The van der Waals surface area contributed by atoms with Crippen LogP contribution in [0.2, 0.25) is 0 Å². The molecule has 1 heterocycles. The Hall–Kier alpha value is -3.60. The highest BCUT2D eigenvalue weighted by Crippen LogP contribution is 2.34. The van der Waals surface area contributed by atoms with Crippen LogP contribution >= 0.6 is 0 Å². The first-order valence-electron chi connectivity index (χ1n) is 10.9. The largest absolute Gasteiger partial charge is 0.493 e. The van der Waals surface area contributed by atoms with Crippen LogP contribution in [0.5, 0.6) is 11.5 Å². The minimum Gasteiger partial charge on any atom is -0.493 e. The molecule has 1 aromatic rings.